The molecule has 2 N–H and O–H groups in total. The lowest BCUT2D eigenvalue weighted by Gasteiger charge is -2.33. The molecule has 1 heterocycles. The molecule has 110 valence electrons. The van der Waals surface area contributed by atoms with Gasteiger partial charge in [-0.25, -0.2) is 0 Å². The first-order chi connectivity index (χ1) is 9.62. The van der Waals surface area contributed by atoms with Crippen molar-refractivity contribution in [1.82, 2.24) is 0 Å². The first-order valence-electron chi connectivity index (χ1n) is 6.61. The SMILES string of the molecule is CCOc1cc(CO)cc2c1OC(C)C(=O)N2CCO. The standard InChI is InChI=1S/C14H19NO5/c1-3-19-12-7-10(8-17)6-11-13(12)20-9(2)14(18)15(11)4-5-16/h6-7,9,16-17H,3-5,8H2,1-2H3. The molecule has 6 nitrogen and oxygen atoms in total. The number of anilines is 1. The molecule has 1 atom stereocenters. The Balaban J connectivity index is 2.54. The number of amides is 1. The average molecular weight is 281 g/mol. The molecular formula is C14H19NO5. The van der Waals surface area contributed by atoms with E-state index in [1.165, 1.54) is 4.90 Å². The monoisotopic (exact) mass is 281 g/mol. The summed E-state index contributed by atoms with van der Waals surface area (Å²) in [6.45, 7) is 3.83. The third-order valence-corrected chi connectivity index (χ3v) is 3.10. The van der Waals surface area contributed by atoms with Crippen LogP contribution in [0.3, 0.4) is 0 Å². The van der Waals surface area contributed by atoms with Crippen molar-refractivity contribution in [3.05, 3.63) is 17.7 Å². The molecule has 1 unspecified atom stereocenters. The molecule has 2 rings (SSSR count). The van der Waals surface area contributed by atoms with Gasteiger partial charge in [-0.2, -0.15) is 0 Å². The van der Waals surface area contributed by atoms with Crippen molar-refractivity contribution in [1.29, 1.82) is 0 Å². The molecule has 1 aromatic rings. The molecule has 0 aromatic heterocycles. The van der Waals surface area contributed by atoms with Crippen LogP contribution in [-0.2, 0) is 11.4 Å². The predicted octanol–water partition coefficient (Wildman–Crippen LogP) is 0.684. The normalized spacial score (nSPS) is 17.7. The number of aliphatic hydroxyl groups excluding tert-OH is 2. The fourth-order valence-corrected chi connectivity index (χ4v) is 2.21. The number of β-amino-alcohol motifs (C(OH)–C–C–N with tert-alkyl or cyclic N) is 1. The Bertz CT molecular complexity index is 503. The number of carbonyl (C=O) groups is 1. The highest BCUT2D eigenvalue weighted by Crippen LogP contribution is 2.42. The molecule has 1 aliphatic heterocycles. The molecule has 0 bridgehead atoms. The number of hydrogen-bond acceptors (Lipinski definition) is 5. The number of hydrogen-bond donors (Lipinski definition) is 2. The van der Waals surface area contributed by atoms with E-state index in [0.717, 1.165) is 0 Å². The number of ether oxygens (including phenoxy) is 2. The molecule has 20 heavy (non-hydrogen) atoms. The lowest BCUT2D eigenvalue weighted by molar-refractivity contribution is -0.125. The molecule has 0 saturated carbocycles. The summed E-state index contributed by atoms with van der Waals surface area (Å²) in [4.78, 5) is 13.6. The Hall–Kier alpha value is -1.79. The van der Waals surface area contributed by atoms with Gasteiger partial charge in [0.05, 0.1) is 25.5 Å². The Labute approximate surface area is 117 Å². The molecule has 0 saturated heterocycles. The number of fused-ring (bicyclic) bond motifs is 1. The lowest BCUT2D eigenvalue weighted by atomic mass is 10.1. The summed E-state index contributed by atoms with van der Waals surface area (Å²) in [5, 5.41) is 18.4. The Morgan fingerprint density at radius 3 is 2.75 bits per heavy atom. The first kappa shape index (κ1) is 14.6. The van der Waals surface area contributed by atoms with Crippen molar-refractivity contribution in [2.45, 2.75) is 26.6 Å². The fraction of sp³-hybridized carbons (Fsp3) is 0.500. The Kier molecular flexibility index (Phi) is 4.46. The Morgan fingerprint density at radius 2 is 2.15 bits per heavy atom. The number of rotatable bonds is 5. The van der Waals surface area contributed by atoms with E-state index in [2.05, 4.69) is 0 Å². The maximum atomic E-state index is 12.1. The summed E-state index contributed by atoms with van der Waals surface area (Å²) in [5.74, 6) is 0.755. The number of aliphatic hydroxyl groups is 2. The molecule has 0 fully saturated rings. The second-order valence-electron chi connectivity index (χ2n) is 4.51. The van der Waals surface area contributed by atoms with E-state index in [4.69, 9.17) is 14.6 Å². The summed E-state index contributed by atoms with van der Waals surface area (Å²) in [6.07, 6.45) is -0.631. The first-order valence-corrected chi connectivity index (χ1v) is 6.61. The van der Waals surface area contributed by atoms with Gasteiger partial charge in [-0.1, -0.05) is 0 Å². The van der Waals surface area contributed by atoms with Crippen LogP contribution < -0.4 is 14.4 Å². The highest BCUT2D eigenvalue weighted by atomic mass is 16.5. The minimum atomic E-state index is -0.631. The summed E-state index contributed by atoms with van der Waals surface area (Å²) in [5.41, 5.74) is 1.15. The minimum Gasteiger partial charge on any atom is -0.490 e. The van der Waals surface area contributed by atoms with Crippen molar-refractivity contribution >= 4 is 11.6 Å². The van der Waals surface area contributed by atoms with Crippen molar-refractivity contribution < 1.29 is 24.5 Å². The van der Waals surface area contributed by atoms with Crippen LogP contribution in [0.25, 0.3) is 0 Å². The van der Waals surface area contributed by atoms with Gasteiger partial charge in [0.15, 0.2) is 17.6 Å². The van der Waals surface area contributed by atoms with Crippen LogP contribution in [0.1, 0.15) is 19.4 Å². The van der Waals surface area contributed by atoms with Crippen molar-refractivity contribution in [2.75, 3.05) is 24.7 Å². The molecule has 1 aromatic carbocycles. The van der Waals surface area contributed by atoms with Gasteiger partial charge in [0.1, 0.15) is 0 Å². The highest BCUT2D eigenvalue weighted by molar-refractivity contribution is 6.00. The van der Waals surface area contributed by atoms with Crippen LogP contribution in [0.2, 0.25) is 0 Å². The zero-order valence-corrected chi connectivity index (χ0v) is 11.6. The summed E-state index contributed by atoms with van der Waals surface area (Å²) < 4.78 is 11.1. The quantitative estimate of drug-likeness (QED) is 0.830. The van der Waals surface area contributed by atoms with Crippen LogP contribution >= 0.6 is 0 Å². The van der Waals surface area contributed by atoms with E-state index in [0.29, 0.717) is 29.4 Å². The molecule has 0 radical (unpaired) electrons. The second kappa shape index (κ2) is 6.11. The zero-order chi connectivity index (χ0) is 14.7. The highest BCUT2D eigenvalue weighted by Gasteiger charge is 2.33. The molecule has 1 amide bonds. The molecule has 6 heteroatoms. The van der Waals surface area contributed by atoms with Gasteiger partial charge in [0.2, 0.25) is 0 Å². The van der Waals surface area contributed by atoms with Crippen LogP contribution in [-0.4, -0.2) is 42.0 Å². The smallest absolute Gasteiger partial charge is 0.267 e. The number of carbonyl (C=O) groups excluding carboxylic acids is 1. The molecule has 0 spiro atoms. The average Bonchev–Trinajstić information content (AvgIpc) is 2.44. The van der Waals surface area contributed by atoms with Gasteiger partial charge in [-0.3, -0.25) is 4.79 Å². The predicted molar refractivity (Wildman–Crippen MR) is 73.1 cm³/mol. The van der Waals surface area contributed by atoms with Gasteiger partial charge in [-0.05, 0) is 31.5 Å². The van der Waals surface area contributed by atoms with Crippen LogP contribution in [0.4, 0.5) is 5.69 Å². The number of benzene rings is 1. The second-order valence-corrected chi connectivity index (χ2v) is 4.51. The van der Waals surface area contributed by atoms with E-state index < -0.39 is 6.10 Å². The molecular weight excluding hydrogens is 262 g/mol. The lowest BCUT2D eigenvalue weighted by Crippen LogP contribution is -2.45. The van der Waals surface area contributed by atoms with E-state index in [-0.39, 0.29) is 25.7 Å². The Morgan fingerprint density at radius 1 is 1.40 bits per heavy atom. The third kappa shape index (κ3) is 2.57. The fourth-order valence-electron chi connectivity index (χ4n) is 2.21. The van der Waals surface area contributed by atoms with E-state index in [9.17, 15) is 9.90 Å². The maximum absolute atomic E-state index is 12.1. The van der Waals surface area contributed by atoms with Gasteiger partial charge in [-0.15, -0.1) is 0 Å². The molecule has 0 aliphatic carbocycles. The van der Waals surface area contributed by atoms with Gasteiger partial charge in [0, 0.05) is 6.54 Å². The number of nitrogens with zero attached hydrogens (tertiary/aromatic N) is 1. The summed E-state index contributed by atoms with van der Waals surface area (Å²) >= 11 is 0. The van der Waals surface area contributed by atoms with E-state index in [1.807, 2.05) is 6.92 Å². The van der Waals surface area contributed by atoms with Crippen molar-refractivity contribution in [3.63, 3.8) is 0 Å². The van der Waals surface area contributed by atoms with Gasteiger partial charge in [0.25, 0.3) is 5.91 Å². The van der Waals surface area contributed by atoms with Gasteiger partial charge < -0.3 is 24.6 Å². The van der Waals surface area contributed by atoms with Crippen LogP contribution in [0, 0.1) is 0 Å². The topological polar surface area (TPSA) is 79.2 Å². The van der Waals surface area contributed by atoms with Crippen molar-refractivity contribution in [3.8, 4) is 11.5 Å². The largest absolute Gasteiger partial charge is 0.490 e. The van der Waals surface area contributed by atoms with E-state index in [1.54, 1.807) is 19.1 Å². The van der Waals surface area contributed by atoms with Crippen LogP contribution in [0.15, 0.2) is 12.1 Å². The molecule has 1 aliphatic rings. The van der Waals surface area contributed by atoms with E-state index >= 15 is 0 Å². The summed E-state index contributed by atoms with van der Waals surface area (Å²) in [7, 11) is 0. The summed E-state index contributed by atoms with van der Waals surface area (Å²) in [6, 6.07) is 3.37. The minimum absolute atomic E-state index is 0.148. The zero-order valence-electron chi connectivity index (χ0n) is 11.6. The van der Waals surface area contributed by atoms with Crippen LogP contribution in [0.5, 0.6) is 11.5 Å². The van der Waals surface area contributed by atoms with Gasteiger partial charge >= 0.3 is 0 Å². The maximum Gasteiger partial charge on any atom is 0.267 e. The van der Waals surface area contributed by atoms with Crippen molar-refractivity contribution in [2.24, 2.45) is 0 Å². The third-order valence-electron chi connectivity index (χ3n) is 3.10.